The number of rotatable bonds is 5. The summed E-state index contributed by atoms with van der Waals surface area (Å²) in [5, 5.41) is 6.48. The Morgan fingerprint density at radius 3 is 2.68 bits per heavy atom. The van der Waals surface area contributed by atoms with Crippen molar-refractivity contribution in [2.75, 3.05) is 11.9 Å². The van der Waals surface area contributed by atoms with Gasteiger partial charge in [-0.15, -0.1) is 11.3 Å². The number of aryl methyl sites for hydroxylation is 1. The Hall–Kier alpha value is -2.45. The van der Waals surface area contributed by atoms with Crippen LogP contribution in [0.4, 0.5) is 9.93 Å². The molecule has 1 atom stereocenters. The molecule has 0 radical (unpaired) electrons. The minimum atomic E-state index is -0.892. The van der Waals surface area contributed by atoms with Gasteiger partial charge in [-0.1, -0.05) is 23.7 Å². The average molecular weight is 419 g/mol. The first-order chi connectivity index (χ1) is 13.3. The number of carbonyl (C=O) groups is 3. The molecule has 2 heterocycles. The van der Waals surface area contributed by atoms with Gasteiger partial charge < -0.3 is 10.6 Å². The van der Waals surface area contributed by atoms with Crippen LogP contribution in [0.1, 0.15) is 24.6 Å². The SMILES string of the molecule is Cc1sc(NC(=O)CN2C(=O)NC(C)(C3CC3)C2=O)nc1-c1ccc(Cl)cc1. The van der Waals surface area contributed by atoms with E-state index in [0.717, 1.165) is 33.9 Å². The van der Waals surface area contributed by atoms with E-state index >= 15 is 0 Å². The first kappa shape index (κ1) is 18.9. The summed E-state index contributed by atoms with van der Waals surface area (Å²) in [5.41, 5.74) is 0.762. The van der Waals surface area contributed by atoms with Gasteiger partial charge in [-0.3, -0.25) is 14.5 Å². The molecule has 7 nitrogen and oxygen atoms in total. The Balaban J connectivity index is 1.44. The summed E-state index contributed by atoms with van der Waals surface area (Å²) < 4.78 is 0. The monoisotopic (exact) mass is 418 g/mol. The van der Waals surface area contributed by atoms with Gasteiger partial charge in [0.25, 0.3) is 5.91 Å². The number of benzene rings is 1. The van der Waals surface area contributed by atoms with E-state index in [1.807, 2.05) is 19.1 Å². The first-order valence-corrected chi connectivity index (χ1v) is 10.1. The van der Waals surface area contributed by atoms with E-state index in [2.05, 4.69) is 15.6 Å². The number of thiazole rings is 1. The highest BCUT2D eigenvalue weighted by Gasteiger charge is 2.56. The van der Waals surface area contributed by atoms with Gasteiger partial charge in [0, 0.05) is 15.5 Å². The highest BCUT2D eigenvalue weighted by Crippen LogP contribution is 2.42. The van der Waals surface area contributed by atoms with Crippen molar-refractivity contribution in [1.82, 2.24) is 15.2 Å². The Morgan fingerprint density at radius 1 is 1.36 bits per heavy atom. The fourth-order valence-corrected chi connectivity index (χ4v) is 4.40. The lowest BCUT2D eigenvalue weighted by Crippen LogP contribution is -2.46. The largest absolute Gasteiger partial charge is 0.325 e. The van der Waals surface area contributed by atoms with E-state index in [-0.39, 0.29) is 18.4 Å². The number of nitrogens with zero attached hydrogens (tertiary/aromatic N) is 2. The van der Waals surface area contributed by atoms with Crippen molar-refractivity contribution in [2.24, 2.45) is 5.92 Å². The Labute approximate surface area is 171 Å². The van der Waals surface area contributed by atoms with Crippen molar-refractivity contribution >= 4 is 45.9 Å². The zero-order valence-electron chi connectivity index (χ0n) is 15.4. The molecule has 9 heteroatoms. The number of aromatic nitrogens is 1. The second-order valence-corrected chi connectivity index (χ2v) is 8.92. The molecule has 0 spiro atoms. The molecule has 28 heavy (non-hydrogen) atoms. The number of hydrogen-bond donors (Lipinski definition) is 2. The Bertz CT molecular complexity index is 970. The smallest absolute Gasteiger partial charge is 0.323 e. The van der Waals surface area contributed by atoms with Gasteiger partial charge >= 0.3 is 6.03 Å². The lowest BCUT2D eigenvalue weighted by atomic mass is 9.96. The van der Waals surface area contributed by atoms with Gasteiger partial charge in [-0.2, -0.15) is 0 Å². The minimum absolute atomic E-state index is 0.153. The van der Waals surface area contributed by atoms with Crippen molar-refractivity contribution in [3.8, 4) is 11.3 Å². The second-order valence-electron chi connectivity index (χ2n) is 7.28. The molecule has 2 aliphatic rings. The summed E-state index contributed by atoms with van der Waals surface area (Å²) >= 11 is 7.26. The van der Waals surface area contributed by atoms with E-state index in [1.165, 1.54) is 11.3 Å². The van der Waals surface area contributed by atoms with Gasteiger partial charge in [-0.05, 0) is 44.7 Å². The molecule has 2 N–H and O–H groups in total. The molecule has 1 aromatic carbocycles. The number of anilines is 1. The maximum absolute atomic E-state index is 12.6. The van der Waals surface area contributed by atoms with E-state index in [1.54, 1.807) is 19.1 Å². The number of hydrogen-bond acceptors (Lipinski definition) is 5. The molecule has 146 valence electrons. The van der Waals surface area contributed by atoms with Crippen LogP contribution >= 0.6 is 22.9 Å². The predicted molar refractivity (Wildman–Crippen MR) is 107 cm³/mol. The molecule has 1 saturated carbocycles. The summed E-state index contributed by atoms with van der Waals surface area (Å²) in [5.74, 6) is -0.646. The molecule has 1 aliphatic heterocycles. The van der Waals surface area contributed by atoms with Gasteiger partial charge in [0.2, 0.25) is 5.91 Å². The van der Waals surface area contributed by atoms with Gasteiger partial charge in [-0.25, -0.2) is 9.78 Å². The summed E-state index contributed by atoms with van der Waals surface area (Å²) in [6.45, 7) is 3.31. The Morgan fingerprint density at radius 2 is 2.04 bits per heavy atom. The standard InChI is InChI=1S/C19H19ClN4O3S/c1-10-15(11-3-7-13(20)8-4-11)22-17(28-10)21-14(25)9-24-16(26)19(2,12-5-6-12)23-18(24)27/h3-4,7-8,12H,5-6,9H2,1-2H3,(H,23,27)(H,21,22,25). The zero-order chi connectivity index (χ0) is 20.1. The summed E-state index contributed by atoms with van der Waals surface area (Å²) in [7, 11) is 0. The average Bonchev–Trinajstić information content (AvgIpc) is 3.40. The number of carbonyl (C=O) groups excluding carboxylic acids is 3. The third-order valence-electron chi connectivity index (χ3n) is 5.16. The van der Waals surface area contributed by atoms with Crippen LogP contribution in [0.15, 0.2) is 24.3 Å². The van der Waals surface area contributed by atoms with Crippen LogP contribution in [-0.4, -0.2) is 39.8 Å². The number of amides is 4. The van der Waals surface area contributed by atoms with E-state index < -0.39 is 17.5 Å². The quantitative estimate of drug-likeness (QED) is 0.727. The predicted octanol–water partition coefficient (Wildman–Crippen LogP) is 3.43. The van der Waals surface area contributed by atoms with Crippen molar-refractivity contribution in [3.63, 3.8) is 0 Å². The molecule has 1 unspecified atom stereocenters. The molecule has 1 saturated heterocycles. The van der Waals surface area contributed by atoms with E-state index in [9.17, 15) is 14.4 Å². The number of imide groups is 1. The maximum Gasteiger partial charge on any atom is 0.325 e. The van der Waals surface area contributed by atoms with Crippen LogP contribution in [0.25, 0.3) is 11.3 Å². The van der Waals surface area contributed by atoms with Crippen LogP contribution in [0.3, 0.4) is 0 Å². The van der Waals surface area contributed by atoms with E-state index in [0.29, 0.717) is 10.2 Å². The fourth-order valence-electron chi connectivity index (χ4n) is 3.42. The summed E-state index contributed by atoms with van der Waals surface area (Å²) in [4.78, 5) is 43.6. The van der Waals surface area contributed by atoms with Crippen LogP contribution in [0.2, 0.25) is 5.02 Å². The van der Waals surface area contributed by atoms with Crippen molar-refractivity contribution in [1.29, 1.82) is 0 Å². The lowest BCUT2D eigenvalue weighted by molar-refractivity contribution is -0.134. The molecule has 4 rings (SSSR count). The van der Waals surface area contributed by atoms with Gasteiger partial charge in [0.1, 0.15) is 12.1 Å². The molecule has 2 fully saturated rings. The molecule has 4 amide bonds. The maximum atomic E-state index is 12.6. The van der Waals surface area contributed by atoms with Gasteiger partial charge in [0.15, 0.2) is 5.13 Å². The van der Waals surface area contributed by atoms with E-state index in [4.69, 9.17) is 11.6 Å². The number of halogens is 1. The minimum Gasteiger partial charge on any atom is -0.323 e. The lowest BCUT2D eigenvalue weighted by Gasteiger charge is -2.20. The van der Waals surface area contributed by atoms with Crippen LogP contribution in [0.5, 0.6) is 0 Å². The third-order valence-corrected chi connectivity index (χ3v) is 6.30. The molecule has 1 aliphatic carbocycles. The molecule has 0 bridgehead atoms. The normalized spacial score (nSPS) is 21.8. The second kappa shape index (κ2) is 6.86. The van der Waals surface area contributed by atoms with Crippen LogP contribution < -0.4 is 10.6 Å². The molecule has 2 aromatic rings. The number of nitrogens with one attached hydrogen (secondary N) is 2. The first-order valence-electron chi connectivity index (χ1n) is 8.95. The number of urea groups is 1. The van der Waals surface area contributed by atoms with Crippen LogP contribution in [-0.2, 0) is 9.59 Å². The highest BCUT2D eigenvalue weighted by molar-refractivity contribution is 7.16. The molecular weight excluding hydrogens is 400 g/mol. The topological polar surface area (TPSA) is 91.4 Å². The zero-order valence-corrected chi connectivity index (χ0v) is 17.0. The summed E-state index contributed by atoms with van der Waals surface area (Å²) in [6.07, 6.45) is 1.82. The van der Waals surface area contributed by atoms with Crippen molar-refractivity contribution < 1.29 is 14.4 Å². The Kier molecular flexibility index (Phi) is 4.63. The molecule has 1 aromatic heterocycles. The van der Waals surface area contributed by atoms with Gasteiger partial charge in [0.05, 0.1) is 5.69 Å². The van der Waals surface area contributed by atoms with Crippen LogP contribution in [0, 0.1) is 12.8 Å². The molecular formula is C19H19ClN4O3S. The fraction of sp³-hybridized carbons (Fsp3) is 0.368. The highest BCUT2D eigenvalue weighted by atomic mass is 35.5. The van der Waals surface area contributed by atoms with Crippen molar-refractivity contribution in [2.45, 2.75) is 32.2 Å². The van der Waals surface area contributed by atoms with Crippen molar-refractivity contribution in [3.05, 3.63) is 34.2 Å². The summed E-state index contributed by atoms with van der Waals surface area (Å²) in [6, 6.07) is 6.76. The third kappa shape index (κ3) is 3.38.